The molecule has 6 nitrogen and oxygen atoms in total. The first-order valence-electron chi connectivity index (χ1n) is 7.33. The number of nitrogens with two attached hydrogens (primary N) is 1. The van der Waals surface area contributed by atoms with Crippen LogP contribution in [0.15, 0.2) is 48.5 Å². The number of ether oxygens (including phenoxy) is 1. The summed E-state index contributed by atoms with van der Waals surface area (Å²) in [6, 6.07) is 15.3. The number of carbonyl (C=O) groups is 2. The fraction of sp³-hybridized carbons (Fsp3) is 0.167. The second kappa shape index (κ2) is 7.79. The Morgan fingerprint density at radius 1 is 1.25 bits per heavy atom. The molecule has 0 aliphatic rings. The molecule has 0 aliphatic carbocycles. The third-order valence-electron chi connectivity index (χ3n) is 3.34. The van der Waals surface area contributed by atoms with E-state index in [-0.39, 0.29) is 12.5 Å². The summed E-state index contributed by atoms with van der Waals surface area (Å²) in [7, 11) is 0. The van der Waals surface area contributed by atoms with Gasteiger partial charge in [-0.15, -0.1) is 0 Å². The molecule has 0 bridgehead atoms. The quantitative estimate of drug-likeness (QED) is 0.844. The first-order valence-corrected chi connectivity index (χ1v) is 7.33. The maximum atomic E-state index is 12.1. The maximum Gasteiger partial charge on any atom is 0.261 e. The fourth-order valence-corrected chi connectivity index (χ4v) is 2.03. The van der Waals surface area contributed by atoms with Crippen molar-refractivity contribution < 1.29 is 14.3 Å². The number of nitrogens with one attached hydrogen (secondary N) is 1. The molecule has 2 amide bonds. The predicted octanol–water partition coefficient (Wildman–Crippen LogP) is 1.74. The number of primary amides is 1. The van der Waals surface area contributed by atoms with E-state index >= 15 is 0 Å². The van der Waals surface area contributed by atoms with E-state index in [4.69, 9.17) is 15.7 Å². The summed E-state index contributed by atoms with van der Waals surface area (Å²) < 4.78 is 5.53. The van der Waals surface area contributed by atoms with Crippen molar-refractivity contribution in [1.82, 2.24) is 5.32 Å². The van der Waals surface area contributed by atoms with Crippen LogP contribution < -0.4 is 15.8 Å². The van der Waals surface area contributed by atoms with Crippen molar-refractivity contribution in [2.45, 2.75) is 19.6 Å². The lowest BCUT2D eigenvalue weighted by molar-refractivity contribution is -0.127. The molecule has 2 aromatic carbocycles. The van der Waals surface area contributed by atoms with E-state index in [9.17, 15) is 9.59 Å². The summed E-state index contributed by atoms with van der Waals surface area (Å²) in [5.41, 5.74) is 6.91. The van der Waals surface area contributed by atoms with Crippen LogP contribution in [0.4, 0.5) is 0 Å². The van der Waals surface area contributed by atoms with E-state index in [1.54, 1.807) is 55.5 Å². The summed E-state index contributed by atoms with van der Waals surface area (Å²) in [6.07, 6.45) is -0.697. The Labute approximate surface area is 139 Å². The van der Waals surface area contributed by atoms with Crippen LogP contribution in [0.25, 0.3) is 0 Å². The number of nitrogens with zero attached hydrogens (tertiary/aromatic N) is 1. The van der Waals surface area contributed by atoms with Crippen LogP contribution in [0.1, 0.15) is 28.4 Å². The molecule has 3 N–H and O–H groups in total. The molecule has 2 aromatic rings. The normalized spacial score (nSPS) is 11.2. The van der Waals surface area contributed by atoms with Gasteiger partial charge in [0.15, 0.2) is 6.10 Å². The molecule has 0 aromatic heterocycles. The van der Waals surface area contributed by atoms with Gasteiger partial charge in [-0.25, -0.2) is 0 Å². The summed E-state index contributed by atoms with van der Waals surface area (Å²) in [5.74, 6) is -0.295. The predicted molar refractivity (Wildman–Crippen MR) is 88.1 cm³/mol. The molecular formula is C18H17N3O3. The Kier molecular flexibility index (Phi) is 5.53. The Balaban J connectivity index is 1.90. The van der Waals surface area contributed by atoms with Crippen LogP contribution in [0.5, 0.6) is 5.75 Å². The lowest BCUT2D eigenvalue weighted by Crippen LogP contribution is -2.35. The van der Waals surface area contributed by atoms with Crippen molar-refractivity contribution in [3.63, 3.8) is 0 Å². The molecule has 0 saturated carbocycles. The minimum atomic E-state index is -0.697. The highest BCUT2D eigenvalue weighted by atomic mass is 16.5. The van der Waals surface area contributed by atoms with Crippen molar-refractivity contribution >= 4 is 11.8 Å². The SMILES string of the molecule is CC(Oc1ccc(C#N)cc1)C(=O)NCc1cccc(C(N)=O)c1. The number of benzene rings is 2. The monoisotopic (exact) mass is 323 g/mol. The van der Waals surface area contributed by atoms with Gasteiger partial charge in [-0.2, -0.15) is 5.26 Å². The lowest BCUT2D eigenvalue weighted by atomic mass is 10.1. The number of hydrogen-bond donors (Lipinski definition) is 2. The molecule has 6 heteroatoms. The average Bonchev–Trinajstić information content (AvgIpc) is 2.60. The van der Waals surface area contributed by atoms with Gasteiger partial charge in [0.1, 0.15) is 5.75 Å². The van der Waals surface area contributed by atoms with Gasteiger partial charge in [0, 0.05) is 12.1 Å². The van der Waals surface area contributed by atoms with Crippen molar-refractivity contribution in [2.75, 3.05) is 0 Å². The highest BCUT2D eigenvalue weighted by Crippen LogP contribution is 2.13. The molecule has 2 rings (SSSR count). The number of hydrogen-bond acceptors (Lipinski definition) is 4. The lowest BCUT2D eigenvalue weighted by Gasteiger charge is -2.15. The van der Waals surface area contributed by atoms with Crippen LogP contribution >= 0.6 is 0 Å². The van der Waals surface area contributed by atoms with Crippen LogP contribution in [-0.4, -0.2) is 17.9 Å². The van der Waals surface area contributed by atoms with E-state index in [1.165, 1.54) is 0 Å². The molecule has 0 aliphatic heterocycles. The second-order valence-corrected chi connectivity index (χ2v) is 5.18. The van der Waals surface area contributed by atoms with Crippen molar-refractivity contribution in [3.05, 3.63) is 65.2 Å². The Hall–Kier alpha value is -3.33. The number of rotatable bonds is 6. The van der Waals surface area contributed by atoms with E-state index in [1.807, 2.05) is 6.07 Å². The zero-order chi connectivity index (χ0) is 17.5. The molecule has 0 fully saturated rings. The van der Waals surface area contributed by atoms with Gasteiger partial charge >= 0.3 is 0 Å². The Morgan fingerprint density at radius 2 is 1.96 bits per heavy atom. The average molecular weight is 323 g/mol. The maximum absolute atomic E-state index is 12.1. The zero-order valence-electron chi connectivity index (χ0n) is 13.2. The van der Waals surface area contributed by atoms with Crippen molar-refractivity contribution in [2.24, 2.45) is 5.73 Å². The van der Waals surface area contributed by atoms with Crippen LogP contribution in [0.3, 0.4) is 0 Å². The smallest absolute Gasteiger partial charge is 0.261 e. The zero-order valence-corrected chi connectivity index (χ0v) is 13.2. The summed E-state index contributed by atoms with van der Waals surface area (Å²) in [6.45, 7) is 1.90. The van der Waals surface area contributed by atoms with Gasteiger partial charge in [-0.1, -0.05) is 12.1 Å². The van der Waals surface area contributed by atoms with Gasteiger partial charge in [-0.3, -0.25) is 9.59 Å². The number of amides is 2. The van der Waals surface area contributed by atoms with Gasteiger partial charge in [0.25, 0.3) is 5.91 Å². The molecule has 0 heterocycles. The highest BCUT2D eigenvalue weighted by Gasteiger charge is 2.14. The molecule has 1 atom stereocenters. The number of nitriles is 1. The molecule has 0 radical (unpaired) electrons. The standard InChI is InChI=1S/C18H17N3O3/c1-12(24-16-7-5-13(10-19)6-8-16)18(23)21-11-14-3-2-4-15(9-14)17(20)22/h2-9,12H,11H2,1H3,(H2,20,22)(H,21,23). The summed E-state index contributed by atoms with van der Waals surface area (Å²) in [4.78, 5) is 23.2. The first kappa shape index (κ1) is 17.0. The third kappa shape index (κ3) is 4.58. The van der Waals surface area contributed by atoms with Crippen LogP contribution in [0.2, 0.25) is 0 Å². The van der Waals surface area contributed by atoms with E-state index in [2.05, 4.69) is 5.32 Å². The molecule has 1 unspecified atom stereocenters. The third-order valence-corrected chi connectivity index (χ3v) is 3.34. The molecule has 0 spiro atoms. The second-order valence-electron chi connectivity index (χ2n) is 5.18. The fourth-order valence-electron chi connectivity index (χ4n) is 2.03. The van der Waals surface area contributed by atoms with Crippen molar-refractivity contribution in [3.8, 4) is 11.8 Å². The van der Waals surface area contributed by atoms with E-state index in [0.29, 0.717) is 16.9 Å². The Bertz CT molecular complexity index is 779. The molecule has 0 saturated heterocycles. The first-order chi connectivity index (χ1) is 11.5. The summed E-state index contributed by atoms with van der Waals surface area (Å²) >= 11 is 0. The van der Waals surface area contributed by atoms with Gasteiger partial charge in [0.2, 0.25) is 5.91 Å². The number of carbonyl (C=O) groups excluding carboxylic acids is 2. The van der Waals surface area contributed by atoms with Crippen molar-refractivity contribution in [1.29, 1.82) is 5.26 Å². The molecule has 24 heavy (non-hydrogen) atoms. The van der Waals surface area contributed by atoms with Crippen LogP contribution in [0, 0.1) is 11.3 Å². The largest absolute Gasteiger partial charge is 0.481 e. The molecular weight excluding hydrogens is 306 g/mol. The van der Waals surface area contributed by atoms with Gasteiger partial charge in [0.05, 0.1) is 11.6 Å². The van der Waals surface area contributed by atoms with Crippen LogP contribution in [-0.2, 0) is 11.3 Å². The summed E-state index contributed by atoms with van der Waals surface area (Å²) in [5, 5.41) is 11.5. The topological polar surface area (TPSA) is 105 Å². The van der Waals surface area contributed by atoms with Gasteiger partial charge in [-0.05, 0) is 48.9 Å². The minimum Gasteiger partial charge on any atom is -0.481 e. The Morgan fingerprint density at radius 3 is 2.58 bits per heavy atom. The minimum absolute atomic E-state index is 0.265. The van der Waals surface area contributed by atoms with Gasteiger partial charge < -0.3 is 15.8 Å². The molecule has 122 valence electrons. The van der Waals surface area contributed by atoms with E-state index in [0.717, 1.165) is 5.56 Å². The highest BCUT2D eigenvalue weighted by molar-refractivity contribution is 5.92. The van der Waals surface area contributed by atoms with E-state index < -0.39 is 12.0 Å².